The van der Waals surface area contributed by atoms with Gasteiger partial charge in [-0.05, 0) is 12.8 Å². The largest absolute Gasteiger partial charge is 0.299 e. The van der Waals surface area contributed by atoms with Crippen molar-refractivity contribution in [2.45, 2.75) is 12.8 Å². The van der Waals surface area contributed by atoms with Crippen molar-refractivity contribution < 1.29 is 9.68 Å². The van der Waals surface area contributed by atoms with Crippen LogP contribution in [0.5, 0.6) is 0 Å². The van der Waals surface area contributed by atoms with E-state index in [0.29, 0.717) is 0 Å². The van der Waals surface area contributed by atoms with Crippen molar-refractivity contribution in [1.29, 1.82) is 0 Å². The van der Waals surface area contributed by atoms with Gasteiger partial charge in [-0.25, -0.2) is 0 Å². The minimum Gasteiger partial charge on any atom is -0.299 e. The lowest BCUT2D eigenvalue weighted by Gasteiger charge is -2.18. The molecule has 0 bridgehead atoms. The molecule has 0 aliphatic carbocycles. The minimum absolute atomic E-state index is 0.890. The molecule has 0 N–H and O–H groups in total. The van der Waals surface area contributed by atoms with Crippen molar-refractivity contribution in [2.24, 2.45) is 0 Å². The summed E-state index contributed by atoms with van der Waals surface area (Å²) in [4.78, 5) is 10.7. The van der Waals surface area contributed by atoms with Crippen molar-refractivity contribution in [2.75, 3.05) is 39.4 Å². The van der Waals surface area contributed by atoms with Crippen LogP contribution in [-0.2, 0) is 9.68 Å². The summed E-state index contributed by atoms with van der Waals surface area (Å²) in [5.41, 5.74) is 0. The van der Waals surface area contributed by atoms with E-state index < -0.39 is 0 Å². The number of hydroxylamine groups is 4. The molecule has 0 saturated carbocycles. The van der Waals surface area contributed by atoms with E-state index in [2.05, 4.69) is 0 Å². The zero-order valence-corrected chi connectivity index (χ0v) is 7.37. The van der Waals surface area contributed by atoms with Gasteiger partial charge in [0.15, 0.2) is 0 Å². The molecule has 4 heteroatoms. The third-order valence-corrected chi connectivity index (χ3v) is 2.25. The summed E-state index contributed by atoms with van der Waals surface area (Å²) in [7, 11) is 0. The van der Waals surface area contributed by atoms with Crippen molar-refractivity contribution >= 4 is 0 Å². The smallest absolute Gasteiger partial charge is 0.0698 e. The van der Waals surface area contributed by atoms with E-state index >= 15 is 0 Å². The van der Waals surface area contributed by atoms with Crippen molar-refractivity contribution in [3.63, 3.8) is 0 Å². The van der Waals surface area contributed by atoms with Crippen LogP contribution in [0.3, 0.4) is 0 Å². The fraction of sp³-hybridized carbons (Fsp3) is 1.00. The molecule has 0 spiro atoms. The first-order valence-electron chi connectivity index (χ1n) is 4.71. The molecule has 2 saturated heterocycles. The second-order valence-corrected chi connectivity index (χ2v) is 3.23. The van der Waals surface area contributed by atoms with Gasteiger partial charge in [-0.15, -0.1) is 0 Å². The maximum atomic E-state index is 5.36. The third kappa shape index (κ3) is 2.17. The summed E-state index contributed by atoms with van der Waals surface area (Å²) in [6.07, 6.45) is 2.34. The minimum atomic E-state index is 0.890. The Balaban J connectivity index is 1.60. The lowest BCUT2D eigenvalue weighted by Crippen LogP contribution is -2.30. The molecule has 2 fully saturated rings. The number of rotatable bonds is 3. The first kappa shape index (κ1) is 8.44. The Hall–Kier alpha value is -0.160. The molecule has 2 aliphatic rings. The van der Waals surface area contributed by atoms with E-state index in [1.54, 1.807) is 0 Å². The summed E-state index contributed by atoms with van der Waals surface area (Å²) in [6.45, 7) is 5.88. The Bertz CT molecular complexity index is 115. The molecule has 2 heterocycles. The third-order valence-electron chi connectivity index (χ3n) is 2.25. The van der Waals surface area contributed by atoms with E-state index in [1.807, 2.05) is 10.1 Å². The average Bonchev–Trinajstić information content (AvgIpc) is 2.74. The molecule has 2 rings (SSSR count). The highest BCUT2D eigenvalue weighted by Crippen LogP contribution is 2.07. The van der Waals surface area contributed by atoms with Crippen molar-refractivity contribution in [3.05, 3.63) is 0 Å². The summed E-state index contributed by atoms with van der Waals surface area (Å²) >= 11 is 0. The van der Waals surface area contributed by atoms with Gasteiger partial charge in [0, 0.05) is 26.2 Å². The monoisotopic (exact) mass is 172 g/mol. The molecule has 0 radical (unpaired) electrons. The quantitative estimate of drug-likeness (QED) is 0.609. The lowest BCUT2D eigenvalue weighted by atomic mass is 10.4. The van der Waals surface area contributed by atoms with Gasteiger partial charge < -0.3 is 0 Å². The topological polar surface area (TPSA) is 24.9 Å². The molecular weight excluding hydrogens is 156 g/mol. The first-order chi connectivity index (χ1) is 5.95. The summed E-state index contributed by atoms with van der Waals surface area (Å²) in [5, 5.41) is 4.06. The molecular formula is C8H16N2O2. The maximum absolute atomic E-state index is 5.36. The van der Waals surface area contributed by atoms with Crippen molar-refractivity contribution in [3.8, 4) is 0 Å². The maximum Gasteiger partial charge on any atom is 0.0698 e. The van der Waals surface area contributed by atoms with E-state index in [1.165, 1.54) is 12.8 Å². The molecule has 0 amide bonds. The van der Waals surface area contributed by atoms with Crippen molar-refractivity contribution in [1.82, 2.24) is 10.1 Å². The Morgan fingerprint density at radius 1 is 0.833 bits per heavy atom. The van der Waals surface area contributed by atoms with Crippen LogP contribution in [0.25, 0.3) is 0 Å². The van der Waals surface area contributed by atoms with Crippen LogP contribution >= 0.6 is 0 Å². The highest BCUT2D eigenvalue weighted by molar-refractivity contribution is 4.58. The molecule has 0 aromatic rings. The van der Waals surface area contributed by atoms with Gasteiger partial charge in [0.2, 0.25) is 0 Å². The van der Waals surface area contributed by atoms with Crippen LogP contribution in [0.15, 0.2) is 0 Å². The molecule has 0 aromatic carbocycles. The van der Waals surface area contributed by atoms with E-state index in [0.717, 1.165) is 39.4 Å². The summed E-state index contributed by atoms with van der Waals surface area (Å²) in [5.74, 6) is 0. The number of hydrogen-bond donors (Lipinski definition) is 0. The van der Waals surface area contributed by atoms with Crippen LogP contribution < -0.4 is 0 Å². The Labute approximate surface area is 72.9 Å². The Morgan fingerprint density at radius 2 is 1.33 bits per heavy atom. The van der Waals surface area contributed by atoms with Crippen LogP contribution in [0, 0.1) is 0 Å². The SMILES string of the molecule is C1CON(CCN2CCCO2)C1. The summed E-state index contributed by atoms with van der Waals surface area (Å²) < 4.78 is 0. The van der Waals surface area contributed by atoms with Gasteiger partial charge in [-0.3, -0.25) is 9.68 Å². The predicted octanol–water partition coefficient (Wildman–Crippen LogP) is 0.261. The highest BCUT2D eigenvalue weighted by atomic mass is 16.7. The second kappa shape index (κ2) is 4.18. The van der Waals surface area contributed by atoms with Crippen LogP contribution in [-0.4, -0.2) is 49.5 Å². The molecule has 0 aromatic heterocycles. The normalized spacial score (nSPS) is 27.0. The number of nitrogens with zero attached hydrogens (tertiary/aromatic N) is 2. The van der Waals surface area contributed by atoms with Crippen LogP contribution in [0.2, 0.25) is 0 Å². The molecule has 0 unspecified atom stereocenters. The Kier molecular flexibility index (Phi) is 2.94. The first-order valence-corrected chi connectivity index (χ1v) is 4.71. The zero-order valence-electron chi connectivity index (χ0n) is 7.37. The Morgan fingerprint density at radius 3 is 1.67 bits per heavy atom. The van der Waals surface area contributed by atoms with Crippen LogP contribution in [0.1, 0.15) is 12.8 Å². The van der Waals surface area contributed by atoms with Crippen LogP contribution in [0.4, 0.5) is 0 Å². The fourth-order valence-corrected chi connectivity index (χ4v) is 1.57. The lowest BCUT2D eigenvalue weighted by molar-refractivity contribution is -0.151. The molecule has 2 aliphatic heterocycles. The number of hydrogen-bond acceptors (Lipinski definition) is 4. The predicted molar refractivity (Wildman–Crippen MR) is 44.3 cm³/mol. The molecule has 70 valence electrons. The van der Waals surface area contributed by atoms with Gasteiger partial charge >= 0.3 is 0 Å². The standard InChI is InChI=1S/C8H16N2O2/c1-3-9(11-7-1)5-6-10-4-2-8-12-10/h1-8H2. The van der Waals surface area contributed by atoms with E-state index in [9.17, 15) is 0 Å². The molecule has 4 nitrogen and oxygen atoms in total. The molecule has 12 heavy (non-hydrogen) atoms. The van der Waals surface area contributed by atoms with Gasteiger partial charge in [0.25, 0.3) is 0 Å². The highest BCUT2D eigenvalue weighted by Gasteiger charge is 2.16. The molecule has 0 atom stereocenters. The van der Waals surface area contributed by atoms with E-state index in [-0.39, 0.29) is 0 Å². The van der Waals surface area contributed by atoms with Gasteiger partial charge in [-0.2, -0.15) is 10.1 Å². The fourth-order valence-electron chi connectivity index (χ4n) is 1.57. The van der Waals surface area contributed by atoms with E-state index in [4.69, 9.17) is 9.68 Å². The zero-order chi connectivity index (χ0) is 8.23. The second-order valence-electron chi connectivity index (χ2n) is 3.23. The van der Waals surface area contributed by atoms with Gasteiger partial charge in [0.05, 0.1) is 13.2 Å². The van der Waals surface area contributed by atoms with Gasteiger partial charge in [-0.1, -0.05) is 0 Å². The average molecular weight is 172 g/mol. The van der Waals surface area contributed by atoms with Gasteiger partial charge in [0.1, 0.15) is 0 Å². The summed E-state index contributed by atoms with van der Waals surface area (Å²) in [6, 6.07) is 0.